The number of thiophene rings is 1. The van der Waals surface area contributed by atoms with Crippen LogP contribution in [-0.2, 0) is 0 Å². The third-order valence-corrected chi connectivity index (χ3v) is 4.51. The van der Waals surface area contributed by atoms with Crippen molar-refractivity contribution in [2.45, 2.75) is 9.24 Å². The molecule has 78 valence electrons. The predicted octanol–water partition coefficient (Wildman–Crippen LogP) is 3.49. The third-order valence-electron chi connectivity index (χ3n) is 1.63. The maximum atomic E-state index is 4.37. The minimum Gasteiger partial charge on any atom is -0.357 e. The molecule has 2 aromatic rings. The number of nitrogens with zero attached hydrogens (tertiary/aromatic N) is 2. The van der Waals surface area contributed by atoms with Crippen molar-refractivity contribution < 1.29 is 0 Å². The Labute approximate surface area is 104 Å². The molecule has 0 aromatic carbocycles. The van der Waals surface area contributed by atoms with Crippen LogP contribution in [0.1, 0.15) is 0 Å². The van der Waals surface area contributed by atoms with Gasteiger partial charge in [-0.3, -0.25) is 0 Å². The van der Waals surface area contributed by atoms with Gasteiger partial charge in [0.1, 0.15) is 5.03 Å². The van der Waals surface area contributed by atoms with Crippen molar-refractivity contribution in [3.63, 3.8) is 0 Å². The quantitative estimate of drug-likeness (QED) is 0.881. The molecule has 0 radical (unpaired) electrons. The lowest BCUT2D eigenvalue weighted by Crippen LogP contribution is -1.96. The molecule has 0 atom stereocenters. The summed E-state index contributed by atoms with van der Waals surface area (Å²) in [6, 6.07) is 4.10. The van der Waals surface area contributed by atoms with Crippen molar-refractivity contribution in [1.29, 1.82) is 0 Å². The normalized spacial score (nSPS) is 10.3. The fraction of sp³-hybridized carbons (Fsp3) is 0.111. The van der Waals surface area contributed by atoms with Gasteiger partial charge in [-0.25, -0.2) is 9.97 Å². The molecule has 0 fully saturated rings. The summed E-state index contributed by atoms with van der Waals surface area (Å²) in [5.41, 5.74) is 0. The minimum absolute atomic E-state index is 0.636. The van der Waals surface area contributed by atoms with Crippen LogP contribution in [0.25, 0.3) is 0 Å². The van der Waals surface area contributed by atoms with Gasteiger partial charge in [0.15, 0.2) is 0 Å². The van der Waals surface area contributed by atoms with Gasteiger partial charge in [0.05, 0.1) is 8.68 Å². The van der Waals surface area contributed by atoms with Crippen LogP contribution in [0.15, 0.2) is 37.4 Å². The van der Waals surface area contributed by atoms with Gasteiger partial charge in [-0.15, -0.1) is 11.3 Å². The summed E-state index contributed by atoms with van der Waals surface area (Å²) in [4.78, 5) is 8.47. The van der Waals surface area contributed by atoms with Gasteiger partial charge < -0.3 is 5.32 Å². The van der Waals surface area contributed by atoms with E-state index in [-0.39, 0.29) is 0 Å². The molecule has 6 heteroatoms. The largest absolute Gasteiger partial charge is 0.357 e. The SMILES string of the molecule is CNc1ncc(Br)c(Sc2cccs2)n1. The van der Waals surface area contributed by atoms with E-state index < -0.39 is 0 Å². The van der Waals surface area contributed by atoms with Crippen LogP contribution in [-0.4, -0.2) is 17.0 Å². The van der Waals surface area contributed by atoms with Crippen molar-refractivity contribution in [1.82, 2.24) is 9.97 Å². The number of anilines is 1. The Morgan fingerprint density at radius 2 is 2.40 bits per heavy atom. The van der Waals surface area contributed by atoms with Gasteiger partial charge >= 0.3 is 0 Å². The Bertz CT molecular complexity index is 445. The predicted molar refractivity (Wildman–Crippen MR) is 67.7 cm³/mol. The summed E-state index contributed by atoms with van der Waals surface area (Å²) in [5.74, 6) is 0.636. The zero-order valence-corrected chi connectivity index (χ0v) is 11.1. The molecule has 15 heavy (non-hydrogen) atoms. The van der Waals surface area contributed by atoms with E-state index in [4.69, 9.17) is 0 Å². The molecule has 0 aliphatic heterocycles. The standard InChI is InChI=1S/C9H8BrN3S2/c1-11-9-12-5-6(10)8(13-9)15-7-3-2-4-14-7/h2-5H,1H3,(H,11,12,13). The van der Waals surface area contributed by atoms with Gasteiger partial charge in [-0.05, 0) is 27.4 Å². The lowest BCUT2D eigenvalue weighted by Gasteiger charge is -2.03. The molecule has 2 heterocycles. The molecule has 0 amide bonds. The lowest BCUT2D eigenvalue weighted by molar-refractivity contribution is 1.03. The molecule has 0 spiro atoms. The van der Waals surface area contributed by atoms with Gasteiger partial charge in [-0.2, -0.15) is 0 Å². The Kier molecular flexibility index (Phi) is 3.61. The first-order valence-electron chi connectivity index (χ1n) is 4.21. The molecule has 0 saturated carbocycles. The van der Waals surface area contributed by atoms with Crippen molar-refractivity contribution in [2.75, 3.05) is 12.4 Å². The van der Waals surface area contributed by atoms with Crippen LogP contribution in [0.3, 0.4) is 0 Å². The Balaban J connectivity index is 2.27. The van der Waals surface area contributed by atoms with Gasteiger partial charge in [0, 0.05) is 13.2 Å². The number of halogens is 1. The van der Waals surface area contributed by atoms with E-state index in [1.165, 1.54) is 4.21 Å². The van der Waals surface area contributed by atoms with Crippen LogP contribution in [0.4, 0.5) is 5.95 Å². The number of hydrogen-bond donors (Lipinski definition) is 1. The van der Waals surface area contributed by atoms with Crippen LogP contribution in [0.5, 0.6) is 0 Å². The van der Waals surface area contributed by atoms with Gasteiger partial charge in [-0.1, -0.05) is 17.8 Å². The highest BCUT2D eigenvalue weighted by Crippen LogP contribution is 2.34. The first-order valence-corrected chi connectivity index (χ1v) is 6.70. The first-order chi connectivity index (χ1) is 7.29. The van der Waals surface area contributed by atoms with Crippen LogP contribution in [0.2, 0.25) is 0 Å². The van der Waals surface area contributed by atoms with E-state index in [0.29, 0.717) is 5.95 Å². The lowest BCUT2D eigenvalue weighted by atomic mass is 10.7. The average Bonchev–Trinajstić information content (AvgIpc) is 2.74. The van der Waals surface area contributed by atoms with Crippen LogP contribution < -0.4 is 5.32 Å². The maximum absolute atomic E-state index is 4.37. The van der Waals surface area contributed by atoms with Crippen molar-refractivity contribution in [3.8, 4) is 0 Å². The first kappa shape index (κ1) is 10.9. The average molecular weight is 302 g/mol. The maximum Gasteiger partial charge on any atom is 0.223 e. The summed E-state index contributed by atoms with van der Waals surface area (Å²) in [6.45, 7) is 0. The van der Waals surface area contributed by atoms with E-state index in [1.807, 2.05) is 13.1 Å². The Morgan fingerprint density at radius 1 is 1.53 bits per heavy atom. The highest BCUT2D eigenvalue weighted by atomic mass is 79.9. The second-order valence-electron chi connectivity index (χ2n) is 2.63. The van der Waals surface area contributed by atoms with E-state index in [1.54, 1.807) is 29.3 Å². The minimum atomic E-state index is 0.636. The molecule has 0 aliphatic carbocycles. The molecule has 0 saturated heterocycles. The highest BCUT2D eigenvalue weighted by molar-refractivity contribution is 9.10. The summed E-state index contributed by atoms with van der Waals surface area (Å²) < 4.78 is 2.14. The molecular formula is C9H8BrN3S2. The second-order valence-corrected chi connectivity index (χ2v) is 5.72. The number of nitrogens with one attached hydrogen (secondary N) is 1. The van der Waals surface area contributed by atoms with Crippen LogP contribution in [0, 0.1) is 0 Å². The molecule has 0 aliphatic rings. The summed E-state index contributed by atoms with van der Waals surface area (Å²) >= 11 is 6.77. The van der Waals surface area contributed by atoms with E-state index in [9.17, 15) is 0 Å². The zero-order chi connectivity index (χ0) is 10.7. The smallest absolute Gasteiger partial charge is 0.223 e. The second kappa shape index (κ2) is 4.96. The monoisotopic (exact) mass is 301 g/mol. The number of hydrogen-bond acceptors (Lipinski definition) is 5. The van der Waals surface area contributed by atoms with Gasteiger partial charge in [0.2, 0.25) is 5.95 Å². The molecule has 1 N–H and O–H groups in total. The van der Waals surface area contributed by atoms with Crippen molar-refractivity contribution in [3.05, 3.63) is 28.2 Å². The Morgan fingerprint density at radius 3 is 3.07 bits per heavy atom. The molecule has 2 rings (SSSR count). The fourth-order valence-electron chi connectivity index (χ4n) is 0.960. The molecule has 3 nitrogen and oxygen atoms in total. The fourth-order valence-corrected chi connectivity index (χ4v) is 3.06. The highest BCUT2D eigenvalue weighted by Gasteiger charge is 2.06. The Hall–Kier alpha value is -0.590. The van der Waals surface area contributed by atoms with E-state index in [2.05, 4.69) is 42.7 Å². The van der Waals surface area contributed by atoms with E-state index >= 15 is 0 Å². The zero-order valence-electron chi connectivity index (χ0n) is 7.90. The summed E-state index contributed by atoms with van der Waals surface area (Å²) in [7, 11) is 1.81. The molecular weight excluding hydrogens is 294 g/mol. The topological polar surface area (TPSA) is 37.8 Å². The summed E-state index contributed by atoms with van der Waals surface area (Å²) in [5, 5.41) is 5.90. The van der Waals surface area contributed by atoms with Crippen molar-refractivity contribution in [2.24, 2.45) is 0 Å². The van der Waals surface area contributed by atoms with Crippen LogP contribution >= 0.6 is 39.0 Å². The molecule has 0 bridgehead atoms. The van der Waals surface area contributed by atoms with Crippen molar-refractivity contribution >= 4 is 45.0 Å². The number of rotatable bonds is 3. The molecule has 0 unspecified atom stereocenters. The van der Waals surface area contributed by atoms with Gasteiger partial charge in [0.25, 0.3) is 0 Å². The van der Waals surface area contributed by atoms with E-state index in [0.717, 1.165) is 9.50 Å². The molecule has 2 aromatic heterocycles. The number of aromatic nitrogens is 2. The third kappa shape index (κ3) is 2.70. The summed E-state index contributed by atoms with van der Waals surface area (Å²) in [6.07, 6.45) is 1.76.